The SMILES string of the molecule is Cc1cc2cc(Oc3cc(N4CCC5(CC4)CN(C4CCC[C@H]4c4ccccc4C(C)C)C5)ccc3C(=O)NS(=O)(=O)c3cc4c(c([N+](=O)[O-])c3)N[C@@H](C3CCC(C)(O)CC3)CO4)c(O[C@@H]3C[C@@H](CO)N(C)C3)nc2[nH]1. The fourth-order valence-corrected chi connectivity index (χ4v) is 14.3. The number of amides is 1. The van der Waals surface area contributed by atoms with Crippen molar-refractivity contribution < 1.29 is 42.6 Å². The fraction of sp³-hybridized carbons (Fsp3) is 0.544. The smallest absolute Gasteiger partial charge is 0.297 e. The van der Waals surface area contributed by atoms with E-state index in [0.29, 0.717) is 62.2 Å². The van der Waals surface area contributed by atoms with Crippen molar-refractivity contribution >= 4 is 44.0 Å². The summed E-state index contributed by atoms with van der Waals surface area (Å²) < 4.78 is 50.1. The third kappa shape index (κ3) is 10.3. The van der Waals surface area contributed by atoms with E-state index in [4.69, 9.17) is 19.2 Å². The molecule has 1 amide bonds. The van der Waals surface area contributed by atoms with Crippen LogP contribution in [0.25, 0.3) is 11.0 Å². The van der Waals surface area contributed by atoms with Crippen LogP contribution < -0.4 is 29.1 Å². The molecular formula is C57H72N8O10S. The van der Waals surface area contributed by atoms with Crippen LogP contribution in [0.5, 0.6) is 23.1 Å². The number of aromatic nitrogens is 2. The maximum absolute atomic E-state index is 14.6. The van der Waals surface area contributed by atoms with Crippen molar-refractivity contribution in [2.45, 2.75) is 138 Å². The Bertz CT molecular complexity index is 3120. The minimum Gasteiger partial charge on any atom is -0.489 e. The molecule has 6 heterocycles. The van der Waals surface area contributed by atoms with Crippen LogP contribution >= 0.6 is 0 Å². The Labute approximate surface area is 444 Å². The van der Waals surface area contributed by atoms with Gasteiger partial charge in [0.2, 0.25) is 0 Å². The van der Waals surface area contributed by atoms with Crippen molar-refractivity contribution in [2.75, 3.05) is 63.2 Å². The zero-order chi connectivity index (χ0) is 53.3. The van der Waals surface area contributed by atoms with E-state index in [0.717, 1.165) is 61.9 Å². The highest BCUT2D eigenvalue weighted by atomic mass is 32.2. The number of nitro benzene ring substituents is 1. The predicted molar refractivity (Wildman–Crippen MR) is 289 cm³/mol. The van der Waals surface area contributed by atoms with E-state index < -0.39 is 37.0 Å². The number of nitrogens with one attached hydrogen (secondary N) is 3. The van der Waals surface area contributed by atoms with Gasteiger partial charge in [0.1, 0.15) is 24.1 Å². The fourth-order valence-electron chi connectivity index (χ4n) is 13.3. The van der Waals surface area contributed by atoms with Crippen molar-refractivity contribution in [2.24, 2.45) is 11.3 Å². The molecule has 2 aliphatic carbocycles. The van der Waals surface area contributed by atoms with E-state index in [1.54, 1.807) is 31.2 Å². The summed E-state index contributed by atoms with van der Waals surface area (Å²) in [4.78, 5) is 41.1. The summed E-state index contributed by atoms with van der Waals surface area (Å²) in [6.07, 6.45) is 8.45. The van der Waals surface area contributed by atoms with Crippen LogP contribution in [0.3, 0.4) is 0 Å². The summed E-state index contributed by atoms with van der Waals surface area (Å²) >= 11 is 0. The summed E-state index contributed by atoms with van der Waals surface area (Å²) in [6, 6.07) is 20.1. The topological polar surface area (TPSA) is 225 Å². The van der Waals surface area contributed by atoms with Crippen molar-refractivity contribution in [1.82, 2.24) is 24.5 Å². The highest BCUT2D eigenvalue weighted by Crippen LogP contribution is 2.50. The average molecular weight is 1060 g/mol. The Hall–Kier alpha value is -5.99. The standard InChI is InChI=1S/C57H72N8O10S/c1-34(2)42-9-6-7-10-43(42)44-11-8-12-47(44)64-32-57(33-64)19-21-63(22-20-57)38-13-14-45(49(26-38)75-51-24-37-23-35(3)58-53(37)60-55(51)74-40-25-39(30-66)62(5)29-40)54(67)61-76(71,72)41-27-48(65(69)70)52-50(28-41)73-31-46(59-52)36-15-17-56(4,68)18-16-36/h6-7,9-10,13-14,23-24,26-28,34,36,39-40,44,46-47,59,66,68H,8,11-12,15-22,25,29-33H2,1-5H3,(H,58,60)(H,61,67)/t36?,39-,40+,44-,46+,47?,56?/m0/s1. The Kier molecular flexibility index (Phi) is 14.0. The number of fused-ring (bicyclic) bond motifs is 2. The molecule has 5 atom stereocenters. The molecule has 4 aliphatic heterocycles. The number of aliphatic hydroxyl groups is 2. The molecular weight excluding hydrogens is 989 g/mol. The number of nitrogens with zero attached hydrogens (tertiary/aromatic N) is 5. The summed E-state index contributed by atoms with van der Waals surface area (Å²) in [5.41, 5.74) is 4.11. The number of pyridine rings is 1. The zero-order valence-corrected chi connectivity index (χ0v) is 45.0. The lowest BCUT2D eigenvalue weighted by Crippen LogP contribution is -2.63. The molecule has 1 spiro atoms. The van der Waals surface area contributed by atoms with E-state index in [1.165, 1.54) is 36.5 Å². The van der Waals surface area contributed by atoms with Crippen LogP contribution in [0.4, 0.5) is 17.1 Å². The lowest BCUT2D eigenvalue weighted by atomic mass is 9.70. The van der Waals surface area contributed by atoms with Gasteiger partial charge in [-0.15, -0.1) is 0 Å². The summed E-state index contributed by atoms with van der Waals surface area (Å²) in [6.45, 7) is 12.6. The second-order valence-electron chi connectivity index (χ2n) is 23.4. The van der Waals surface area contributed by atoms with E-state index in [2.05, 4.69) is 62.9 Å². The minimum absolute atomic E-state index is 0.0169. The molecule has 1 unspecified atom stereocenters. The van der Waals surface area contributed by atoms with Gasteiger partial charge in [0.15, 0.2) is 17.2 Å². The third-order valence-corrected chi connectivity index (χ3v) is 19.0. The number of piperidine rings is 1. The number of likely N-dealkylation sites (tertiary alicyclic amines) is 2. The first-order chi connectivity index (χ1) is 36.3. The highest BCUT2D eigenvalue weighted by molar-refractivity contribution is 7.90. The van der Waals surface area contributed by atoms with Gasteiger partial charge in [-0.1, -0.05) is 44.5 Å². The Morgan fingerprint density at radius 1 is 1.01 bits per heavy atom. The minimum atomic E-state index is -4.75. The second-order valence-corrected chi connectivity index (χ2v) is 25.1. The average Bonchev–Trinajstić information content (AvgIpc) is 4.13. The van der Waals surface area contributed by atoms with Gasteiger partial charge >= 0.3 is 0 Å². The first-order valence-corrected chi connectivity index (χ1v) is 28.7. The van der Waals surface area contributed by atoms with Crippen LogP contribution in [0.15, 0.2) is 71.6 Å². The number of likely N-dealkylation sites (N-methyl/N-ethyl adjacent to an activating group) is 1. The summed E-state index contributed by atoms with van der Waals surface area (Å²) in [5.74, 6) is 0.505. The number of benzene rings is 3. The van der Waals surface area contributed by atoms with Crippen LogP contribution in [0, 0.1) is 28.4 Å². The van der Waals surface area contributed by atoms with Crippen LogP contribution in [-0.2, 0) is 10.0 Å². The number of hydrogen-bond donors (Lipinski definition) is 5. The number of sulfonamides is 1. The summed E-state index contributed by atoms with van der Waals surface area (Å²) in [5, 5.41) is 37.1. The number of carbonyl (C=O) groups excluding carboxylic acids is 1. The van der Waals surface area contributed by atoms with Crippen LogP contribution in [0.2, 0.25) is 0 Å². The van der Waals surface area contributed by atoms with E-state index in [9.17, 15) is 33.5 Å². The van der Waals surface area contributed by atoms with Crippen molar-refractivity contribution in [3.05, 3.63) is 99.2 Å². The van der Waals surface area contributed by atoms with Gasteiger partial charge in [-0.2, -0.15) is 4.98 Å². The van der Waals surface area contributed by atoms with Gasteiger partial charge in [0, 0.05) is 86.2 Å². The largest absolute Gasteiger partial charge is 0.489 e. The lowest BCUT2D eigenvalue weighted by molar-refractivity contribution is -0.384. The van der Waals surface area contributed by atoms with Crippen LogP contribution in [0.1, 0.15) is 124 Å². The van der Waals surface area contributed by atoms with E-state index in [1.807, 2.05) is 24.9 Å². The molecule has 76 heavy (non-hydrogen) atoms. The van der Waals surface area contributed by atoms with Gasteiger partial charge < -0.3 is 39.6 Å². The third-order valence-electron chi connectivity index (χ3n) is 17.7. The number of carbonyl (C=O) groups is 1. The molecule has 5 fully saturated rings. The number of hydrogen-bond acceptors (Lipinski definition) is 15. The van der Waals surface area contributed by atoms with Gasteiger partial charge in [-0.05, 0) is 131 Å². The zero-order valence-electron chi connectivity index (χ0n) is 44.2. The molecule has 3 aromatic carbocycles. The number of rotatable bonds is 14. The Morgan fingerprint density at radius 3 is 2.50 bits per heavy atom. The molecule has 11 rings (SSSR count). The first-order valence-electron chi connectivity index (χ1n) is 27.2. The molecule has 6 aliphatic rings. The number of ether oxygens (including phenoxy) is 3. The molecule has 5 aromatic rings. The Balaban J connectivity index is 0.859. The second kappa shape index (κ2) is 20.4. The molecule has 2 saturated carbocycles. The van der Waals surface area contributed by atoms with Crippen molar-refractivity contribution in [3.8, 4) is 23.1 Å². The van der Waals surface area contributed by atoms with Gasteiger partial charge in [-0.3, -0.25) is 24.7 Å². The number of aliphatic hydroxyl groups excluding tert-OH is 1. The number of aryl methyl sites for hydroxylation is 1. The van der Waals surface area contributed by atoms with Gasteiger partial charge in [0.25, 0.3) is 27.5 Å². The van der Waals surface area contributed by atoms with E-state index >= 15 is 0 Å². The van der Waals surface area contributed by atoms with E-state index in [-0.39, 0.29) is 77.1 Å². The molecule has 3 saturated heterocycles. The Morgan fingerprint density at radius 2 is 1.78 bits per heavy atom. The van der Waals surface area contributed by atoms with Crippen LogP contribution in [-0.4, -0.2) is 132 Å². The number of aromatic amines is 1. The quantitative estimate of drug-likeness (QED) is 0.0519. The number of anilines is 2. The monoisotopic (exact) mass is 1060 g/mol. The van der Waals surface area contributed by atoms with Crippen molar-refractivity contribution in [1.29, 1.82) is 0 Å². The maximum atomic E-state index is 14.6. The first kappa shape index (κ1) is 52.1. The molecule has 18 nitrogen and oxygen atoms in total. The normalized spacial score (nSPS) is 26.7. The predicted octanol–water partition coefficient (Wildman–Crippen LogP) is 8.61. The molecule has 0 radical (unpaired) electrons. The molecule has 5 N–H and O–H groups in total. The molecule has 2 aromatic heterocycles. The molecule has 19 heteroatoms. The molecule has 406 valence electrons. The highest BCUT2D eigenvalue weighted by Gasteiger charge is 2.50. The number of H-pyrrole nitrogens is 1. The van der Waals surface area contributed by atoms with Gasteiger partial charge in [-0.25, -0.2) is 13.1 Å². The van der Waals surface area contributed by atoms with Gasteiger partial charge in [0.05, 0.1) is 33.6 Å². The lowest BCUT2D eigenvalue weighted by Gasteiger charge is -2.57. The maximum Gasteiger partial charge on any atom is 0.297 e. The summed E-state index contributed by atoms with van der Waals surface area (Å²) in [7, 11) is -2.83. The molecule has 0 bridgehead atoms. The van der Waals surface area contributed by atoms with Crippen molar-refractivity contribution in [3.63, 3.8) is 0 Å². The number of nitro groups is 1.